The second kappa shape index (κ2) is 7.38. The Morgan fingerprint density at radius 3 is 2.66 bits per heavy atom. The van der Waals surface area contributed by atoms with Crippen molar-refractivity contribution in [3.63, 3.8) is 0 Å². The molecule has 0 saturated heterocycles. The quantitative estimate of drug-likeness (QED) is 0.714. The maximum atomic E-state index is 13.4. The molecule has 1 aromatic heterocycles. The third-order valence-corrected chi connectivity index (χ3v) is 5.10. The van der Waals surface area contributed by atoms with Crippen LogP contribution in [0.25, 0.3) is 11.3 Å². The zero-order chi connectivity index (χ0) is 20.5. The number of carbonyl (C=O) groups excluding carboxylic acids is 2. The van der Waals surface area contributed by atoms with Crippen molar-refractivity contribution >= 4 is 17.5 Å². The fourth-order valence-corrected chi connectivity index (χ4v) is 3.67. The molecule has 0 aliphatic carbocycles. The van der Waals surface area contributed by atoms with Crippen molar-refractivity contribution < 1.29 is 14.0 Å². The number of hydrogen-bond donors (Lipinski definition) is 2. The predicted octanol–water partition coefficient (Wildman–Crippen LogP) is 2.55. The minimum absolute atomic E-state index is 0.0594. The van der Waals surface area contributed by atoms with Gasteiger partial charge in [0.15, 0.2) is 0 Å². The van der Waals surface area contributed by atoms with E-state index in [1.54, 1.807) is 49.5 Å². The molecule has 3 aromatic rings. The Morgan fingerprint density at radius 2 is 1.93 bits per heavy atom. The summed E-state index contributed by atoms with van der Waals surface area (Å²) < 4.78 is 13.4. The molecule has 2 N–H and O–H groups in total. The molecule has 8 heteroatoms. The van der Waals surface area contributed by atoms with Crippen LogP contribution in [0.4, 0.5) is 10.1 Å². The summed E-state index contributed by atoms with van der Waals surface area (Å²) in [7, 11) is 3.27. The van der Waals surface area contributed by atoms with Crippen LogP contribution < -0.4 is 10.2 Å². The number of rotatable bonds is 4. The Labute approximate surface area is 167 Å². The zero-order valence-electron chi connectivity index (χ0n) is 16.0. The van der Waals surface area contributed by atoms with Crippen LogP contribution in [-0.2, 0) is 4.79 Å². The Morgan fingerprint density at radius 1 is 1.21 bits per heavy atom. The molecule has 0 saturated carbocycles. The molecule has 1 aliphatic heterocycles. The predicted molar refractivity (Wildman–Crippen MR) is 107 cm³/mol. The van der Waals surface area contributed by atoms with Gasteiger partial charge in [-0.1, -0.05) is 12.1 Å². The first-order chi connectivity index (χ1) is 14.0. The van der Waals surface area contributed by atoms with Crippen LogP contribution in [0.5, 0.6) is 0 Å². The fourth-order valence-electron chi connectivity index (χ4n) is 3.67. The van der Waals surface area contributed by atoms with Crippen LogP contribution in [-0.4, -0.2) is 47.6 Å². The number of aromatic nitrogens is 2. The number of halogens is 1. The molecule has 1 unspecified atom stereocenters. The van der Waals surface area contributed by atoms with Crippen molar-refractivity contribution in [2.45, 2.75) is 6.17 Å². The highest BCUT2D eigenvalue weighted by Crippen LogP contribution is 2.40. The summed E-state index contributed by atoms with van der Waals surface area (Å²) in [5.74, 6) is -0.667. The average Bonchev–Trinajstić information content (AvgIpc) is 3.21. The number of aromatic amines is 1. The summed E-state index contributed by atoms with van der Waals surface area (Å²) in [6.07, 6.45) is 1.08. The van der Waals surface area contributed by atoms with Gasteiger partial charge in [0.25, 0.3) is 5.91 Å². The van der Waals surface area contributed by atoms with Crippen LogP contribution in [0, 0.1) is 5.82 Å². The SMILES string of the molecule is CNC(=O)CN1c2ccccc2C(=O)N(C)C1c1cn[nH]c1-c1ccc(F)cc1. The lowest BCUT2D eigenvalue weighted by atomic mass is 9.99. The van der Waals surface area contributed by atoms with Crippen LogP contribution >= 0.6 is 0 Å². The highest BCUT2D eigenvalue weighted by atomic mass is 19.1. The molecule has 0 spiro atoms. The number of carbonyl (C=O) groups is 2. The topological polar surface area (TPSA) is 81.3 Å². The third kappa shape index (κ3) is 3.22. The number of benzene rings is 2. The van der Waals surface area contributed by atoms with Crippen LogP contribution in [0.15, 0.2) is 54.7 Å². The number of hydrogen-bond acceptors (Lipinski definition) is 4. The largest absolute Gasteiger partial charge is 0.358 e. The van der Waals surface area contributed by atoms with E-state index in [1.165, 1.54) is 12.1 Å². The average molecular weight is 393 g/mol. The maximum absolute atomic E-state index is 13.4. The van der Waals surface area contributed by atoms with Gasteiger partial charge in [0.05, 0.1) is 29.7 Å². The van der Waals surface area contributed by atoms with E-state index in [2.05, 4.69) is 15.5 Å². The zero-order valence-corrected chi connectivity index (χ0v) is 16.0. The summed E-state index contributed by atoms with van der Waals surface area (Å²) in [5, 5.41) is 9.75. The number of nitrogens with one attached hydrogen (secondary N) is 2. The number of H-pyrrole nitrogens is 1. The van der Waals surface area contributed by atoms with E-state index in [9.17, 15) is 14.0 Å². The fraction of sp³-hybridized carbons (Fsp3) is 0.190. The van der Waals surface area contributed by atoms with Gasteiger partial charge >= 0.3 is 0 Å². The van der Waals surface area contributed by atoms with Gasteiger partial charge in [-0.15, -0.1) is 0 Å². The number of anilines is 1. The number of para-hydroxylation sites is 1. The van der Waals surface area contributed by atoms with Crippen LogP contribution in [0.1, 0.15) is 22.1 Å². The molecule has 2 amide bonds. The monoisotopic (exact) mass is 393 g/mol. The van der Waals surface area contributed by atoms with E-state index >= 15 is 0 Å². The van der Waals surface area contributed by atoms with Crippen molar-refractivity contribution in [3.8, 4) is 11.3 Å². The molecule has 0 fully saturated rings. The van der Waals surface area contributed by atoms with E-state index < -0.39 is 6.17 Å². The minimum atomic E-state index is -0.562. The van der Waals surface area contributed by atoms with Gasteiger partial charge in [-0.05, 0) is 36.4 Å². The van der Waals surface area contributed by atoms with E-state index in [4.69, 9.17) is 0 Å². The second-order valence-electron chi connectivity index (χ2n) is 6.82. The number of amides is 2. The Bertz CT molecular complexity index is 1060. The van der Waals surface area contributed by atoms with Gasteiger partial charge in [0.1, 0.15) is 12.0 Å². The van der Waals surface area contributed by atoms with Crippen LogP contribution in [0.3, 0.4) is 0 Å². The lowest BCUT2D eigenvalue weighted by molar-refractivity contribution is -0.119. The Balaban J connectivity index is 1.85. The molecular formula is C21H20FN5O2. The van der Waals surface area contributed by atoms with Crippen LogP contribution in [0.2, 0.25) is 0 Å². The van der Waals surface area contributed by atoms with Gasteiger partial charge in [0.2, 0.25) is 5.91 Å². The molecule has 148 valence electrons. The summed E-state index contributed by atoms with van der Waals surface area (Å²) >= 11 is 0. The lowest BCUT2D eigenvalue weighted by Gasteiger charge is -2.43. The van der Waals surface area contributed by atoms with E-state index in [-0.39, 0.29) is 24.2 Å². The number of fused-ring (bicyclic) bond motifs is 1. The lowest BCUT2D eigenvalue weighted by Crippen LogP contribution is -2.50. The molecule has 0 radical (unpaired) electrons. The Kier molecular flexibility index (Phi) is 4.75. The molecule has 2 heterocycles. The minimum Gasteiger partial charge on any atom is -0.358 e. The van der Waals surface area contributed by atoms with Gasteiger partial charge < -0.3 is 15.1 Å². The van der Waals surface area contributed by atoms with Gasteiger partial charge in [-0.3, -0.25) is 14.7 Å². The summed E-state index contributed by atoms with van der Waals surface area (Å²) in [4.78, 5) is 28.8. The van der Waals surface area contributed by atoms with Crippen molar-refractivity contribution in [3.05, 3.63) is 71.7 Å². The molecule has 0 bridgehead atoms. The first-order valence-electron chi connectivity index (χ1n) is 9.14. The van der Waals surface area contributed by atoms with Gasteiger partial charge in [-0.25, -0.2) is 4.39 Å². The third-order valence-electron chi connectivity index (χ3n) is 5.10. The smallest absolute Gasteiger partial charge is 0.257 e. The molecule has 1 atom stereocenters. The first kappa shape index (κ1) is 18.7. The normalized spacial score (nSPS) is 16.0. The molecular weight excluding hydrogens is 373 g/mol. The summed E-state index contributed by atoms with van der Waals surface area (Å²) in [6.45, 7) is 0.0594. The molecule has 29 heavy (non-hydrogen) atoms. The molecule has 7 nitrogen and oxygen atoms in total. The molecule has 4 rings (SSSR count). The molecule has 2 aromatic carbocycles. The van der Waals surface area contributed by atoms with Crippen molar-refractivity contribution in [1.82, 2.24) is 20.4 Å². The maximum Gasteiger partial charge on any atom is 0.257 e. The van der Waals surface area contributed by atoms with Crippen molar-refractivity contribution in [2.75, 3.05) is 25.5 Å². The van der Waals surface area contributed by atoms with E-state index in [1.807, 2.05) is 17.0 Å². The van der Waals surface area contributed by atoms with E-state index in [0.717, 1.165) is 5.56 Å². The Hall–Kier alpha value is -3.68. The van der Waals surface area contributed by atoms with Gasteiger partial charge in [-0.2, -0.15) is 5.10 Å². The molecule has 1 aliphatic rings. The van der Waals surface area contributed by atoms with Crippen molar-refractivity contribution in [2.24, 2.45) is 0 Å². The van der Waals surface area contributed by atoms with Crippen molar-refractivity contribution in [1.29, 1.82) is 0 Å². The number of likely N-dealkylation sites (N-methyl/N-ethyl adjacent to an activating group) is 1. The summed E-state index contributed by atoms with van der Waals surface area (Å²) in [5.41, 5.74) is 3.32. The first-order valence-corrected chi connectivity index (χ1v) is 9.14. The van der Waals surface area contributed by atoms with Gasteiger partial charge in [0, 0.05) is 25.2 Å². The number of nitrogens with zero attached hydrogens (tertiary/aromatic N) is 3. The summed E-state index contributed by atoms with van der Waals surface area (Å²) in [6, 6.07) is 13.2. The second-order valence-corrected chi connectivity index (χ2v) is 6.82. The van der Waals surface area contributed by atoms with E-state index in [0.29, 0.717) is 22.5 Å². The highest BCUT2D eigenvalue weighted by molar-refractivity contribution is 6.03. The standard InChI is InChI=1S/C21H20FN5O2/c1-23-18(28)12-27-17-6-4-3-5-15(17)21(29)26(2)20(27)16-11-24-25-19(16)13-7-9-14(22)10-8-13/h3-11,20H,12H2,1-2H3,(H,23,28)(H,24,25). The highest BCUT2D eigenvalue weighted by Gasteiger charge is 2.38.